The third-order valence-corrected chi connectivity index (χ3v) is 3.17. The second-order valence-corrected chi connectivity index (χ2v) is 4.49. The van der Waals surface area contributed by atoms with Gasteiger partial charge in [-0.05, 0) is 32.3 Å². The molecule has 0 bridgehead atoms. The van der Waals surface area contributed by atoms with Gasteiger partial charge in [0.05, 0.1) is 0 Å². The normalized spacial score (nSPS) is 20.4. The molecule has 17 heavy (non-hydrogen) atoms. The molecule has 0 radical (unpaired) electrons. The van der Waals surface area contributed by atoms with Crippen LogP contribution in [0.15, 0.2) is 12.3 Å². The Morgan fingerprint density at radius 1 is 1.53 bits per heavy atom. The summed E-state index contributed by atoms with van der Waals surface area (Å²) in [6, 6.07) is 2.55. The molecule has 3 N–H and O–H groups in total. The fourth-order valence-corrected chi connectivity index (χ4v) is 2.22. The van der Waals surface area contributed by atoms with E-state index in [1.165, 1.54) is 19.3 Å². The lowest BCUT2D eigenvalue weighted by molar-refractivity contribution is 0.481. The monoisotopic (exact) mass is 235 g/mol. The second kappa shape index (κ2) is 5.82. The topological polar surface area (TPSA) is 67.1 Å². The van der Waals surface area contributed by atoms with E-state index in [9.17, 15) is 0 Å². The molecule has 1 saturated heterocycles. The van der Waals surface area contributed by atoms with Crippen LogP contribution in [0.5, 0.6) is 0 Å². The summed E-state index contributed by atoms with van der Waals surface area (Å²) in [7, 11) is 0. The summed E-state index contributed by atoms with van der Waals surface area (Å²) in [5.74, 6) is 1.69. The van der Waals surface area contributed by atoms with E-state index in [0.717, 1.165) is 12.4 Å². The molecule has 0 aromatic carbocycles. The van der Waals surface area contributed by atoms with Crippen LogP contribution >= 0.6 is 0 Å². The predicted octanol–water partition coefficient (Wildman–Crippen LogP) is 1.23. The van der Waals surface area contributed by atoms with E-state index in [2.05, 4.69) is 27.1 Å². The van der Waals surface area contributed by atoms with Crippen LogP contribution in [0.2, 0.25) is 0 Å². The lowest BCUT2D eigenvalue weighted by Gasteiger charge is -2.34. The van der Waals surface area contributed by atoms with Crippen molar-refractivity contribution in [1.82, 2.24) is 9.97 Å². The van der Waals surface area contributed by atoms with Crippen molar-refractivity contribution in [3.05, 3.63) is 12.3 Å². The fraction of sp³-hybridized carbons (Fsp3) is 0.667. The molecule has 1 aromatic rings. The summed E-state index contributed by atoms with van der Waals surface area (Å²) in [5.41, 5.74) is 5.45. The summed E-state index contributed by atoms with van der Waals surface area (Å²) >= 11 is 0. The lowest BCUT2D eigenvalue weighted by Crippen LogP contribution is -2.38. The average Bonchev–Trinajstić information content (AvgIpc) is 2.37. The van der Waals surface area contributed by atoms with E-state index in [1.54, 1.807) is 0 Å². The zero-order valence-corrected chi connectivity index (χ0v) is 10.4. The SMILES string of the molecule is C[C@@H]1CCCCN1c1ccnc(NCCN)n1. The number of hydrogen-bond acceptors (Lipinski definition) is 5. The first-order valence-electron chi connectivity index (χ1n) is 6.35. The Hall–Kier alpha value is -1.36. The zero-order chi connectivity index (χ0) is 12.1. The minimum atomic E-state index is 0.570. The quantitative estimate of drug-likeness (QED) is 0.821. The Morgan fingerprint density at radius 2 is 2.41 bits per heavy atom. The maximum Gasteiger partial charge on any atom is 0.224 e. The molecule has 0 spiro atoms. The first-order chi connectivity index (χ1) is 8.31. The molecule has 1 aliphatic heterocycles. The van der Waals surface area contributed by atoms with Gasteiger partial charge in [-0.15, -0.1) is 0 Å². The average molecular weight is 235 g/mol. The third kappa shape index (κ3) is 3.06. The Balaban J connectivity index is 2.08. The fourth-order valence-electron chi connectivity index (χ4n) is 2.22. The Labute approximate surface area is 102 Å². The Morgan fingerprint density at radius 3 is 3.18 bits per heavy atom. The lowest BCUT2D eigenvalue weighted by atomic mass is 10.0. The maximum atomic E-state index is 5.45. The van der Waals surface area contributed by atoms with Gasteiger partial charge in [0.2, 0.25) is 5.95 Å². The van der Waals surface area contributed by atoms with Crippen LogP contribution in [0, 0.1) is 0 Å². The molecule has 5 heteroatoms. The first kappa shape index (κ1) is 12.1. The van der Waals surface area contributed by atoms with E-state index < -0.39 is 0 Å². The van der Waals surface area contributed by atoms with Gasteiger partial charge in [-0.3, -0.25) is 0 Å². The van der Waals surface area contributed by atoms with Crippen LogP contribution in [-0.4, -0.2) is 35.6 Å². The number of rotatable bonds is 4. The van der Waals surface area contributed by atoms with E-state index in [0.29, 0.717) is 25.1 Å². The Bertz CT molecular complexity index is 355. The standard InChI is InChI=1S/C12H21N5/c1-10-4-2-3-9-17(10)11-5-7-14-12(16-11)15-8-6-13/h5,7,10H,2-4,6,8-9,13H2,1H3,(H,14,15,16)/t10-/m1/s1. The number of nitrogens with two attached hydrogens (primary N) is 1. The van der Waals surface area contributed by atoms with Gasteiger partial charge in [0, 0.05) is 31.9 Å². The van der Waals surface area contributed by atoms with Crippen molar-refractivity contribution in [3.63, 3.8) is 0 Å². The van der Waals surface area contributed by atoms with E-state index in [-0.39, 0.29) is 0 Å². The molecule has 0 unspecified atom stereocenters. The molecular formula is C12H21N5. The van der Waals surface area contributed by atoms with Gasteiger partial charge in [-0.1, -0.05) is 0 Å². The molecular weight excluding hydrogens is 214 g/mol. The van der Waals surface area contributed by atoms with Crippen LogP contribution < -0.4 is 16.0 Å². The highest BCUT2D eigenvalue weighted by Gasteiger charge is 2.19. The number of piperidine rings is 1. The minimum Gasteiger partial charge on any atom is -0.354 e. The predicted molar refractivity (Wildman–Crippen MR) is 70.2 cm³/mol. The molecule has 2 heterocycles. The van der Waals surface area contributed by atoms with Crippen molar-refractivity contribution >= 4 is 11.8 Å². The van der Waals surface area contributed by atoms with Gasteiger partial charge >= 0.3 is 0 Å². The number of hydrogen-bond donors (Lipinski definition) is 2. The second-order valence-electron chi connectivity index (χ2n) is 4.49. The highest BCUT2D eigenvalue weighted by molar-refractivity contribution is 5.43. The molecule has 5 nitrogen and oxygen atoms in total. The maximum absolute atomic E-state index is 5.45. The first-order valence-corrected chi connectivity index (χ1v) is 6.35. The van der Waals surface area contributed by atoms with Gasteiger partial charge in [-0.2, -0.15) is 4.98 Å². The molecule has 1 aromatic heterocycles. The number of nitrogens with zero attached hydrogens (tertiary/aromatic N) is 3. The van der Waals surface area contributed by atoms with Crippen LogP contribution in [0.4, 0.5) is 11.8 Å². The van der Waals surface area contributed by atoms with Crippen LogP contribution in [0.1, 0.15) is 26.2 Å². The van der Waals surface area contributed by atoms with Gasteiger partial charge < -0.3 is 16.0 Å². The van der Waals surface area contributed by atoms with E-state index in [1.807, 2.05) is 12.3 Å². The van der Waals surface area contributed by atoms with Crippen molar-refractivity contribution < 1.29 is 0 Å². The molecule has 1 atom stereocenters. The summed E-state index contributed by atoms with van der Waals surface area (Å²) in [4.78, 5) is 11.1. The molecule has 0 aliphatic carbocycles. The van der Waals surface area contributed by atoms with E-state index in [4.69, 9.17) is 5.73 Å². The molecule has 0 amide bonds. The van der Waals surface area contributed by atoms with Gasteiger partial charge in [0.1, 0.15) is 5.82 Å². The summed E-state index contributed by atoms with van der Waals surface area (Å²) < 4.78 is 0. The van der Waals surface area contributed by atoms with Gasteiger partial charge in [0.15, 0.2) is 0 Å². The van der Waals surface area contributed by atoms with Crippen LogP contribution in [0.3, 0.4) is 0 Å². The Kier molecular flexibility index (Phi) is 4.14. The minimum absolute atomic E-state index is 0.570. The smallest absolute Gasteiger partial charge is 0.224 e. The zero-order valence-electron chi connectivity index (χ0n) is 10.4. The molecule has 1 fully saturated rings. The highest BCUT2D eigenvalue weighted by Crippen LogP contribution is 2.22. The number of aromatic nitrogens is 2. The largest absolute Gasteiger partial charge is 0.354 e. The highest BCUT2D eigenvalue weighted by atomic mass is 15.2. The van der Waals surface area contributed by atoms with Crippen molar-refractivity contribution in [2.45, 2.75) is 32.2 Å². The number of nitrogens with one attached hydrogen (secondary N) is 1. The summed E-state index contributed by atoms with van der Waals surface area (Å²) in [6.45, 7) is 4.65. The van der Waals surface area contributed by atoms with Crippen LogP contribution in [0.25, 0.3) is 0 Å². The summed E-state index contributed by atoms with van der Waals surface area (Å²) in [6.07, 6.45) is 5.62. The van der Waals surface area contributed by atoms with Crippen molar-refractivity contribution in [2.24, 2.45) is 5.73 Å². The molecule has 2 rings (SSSR count). The van der Waals surface area contributed by atoms with Gasteiger partial charge in [0.25, 0.3) is 0 Å². The molecule has 0 saturated carbocycles. The number of anilines is 2. The van der Waals surface area contributed by atoms with Gasteiger partial charge in [-0.25, -0.2) is 4.98 Å². The molecule has 94 valence electrons. The van der Waals surface area contributed by atoms with Crippen molar-refractivity contribution in [2.75, 3.05) is 29.9 Å². The van der Waals surface area contributed by atoms with Crippen molar-refractivity contribution in [1.29, 1.82) is 0 Å². The van der Waals surface area contributed by atoms with E-state index >= 15 is 0 Å². The van der Waals surface area contributed by atoms with Crippen LogP contribution in [-0.2, 0) is 0 Å². The molecule has 1 aliphatic rings. The van der Waals surface area contributed by atoms with Crippen molar-refractivity contribution in [3.8, 4) is 0 Å². The third-order valence-electron chi connectivity index (χ3n) is 3.17. The summed E-state index contributed by atoms with van der Waals surface area (Å²) in [5, 5.41) is 3.11.